The Bertz CT molecular complexity index is 489. The number of hydrogen-bond acceptors (Lipinski definition) is 3. The molecule has 1 aliphatic carbocycles. The first-order valence-electron chi connectivity index (χ1n) is 4.85. The number of nitrogen functional groups attached to an aromatic ring is 1. The molecule has 2 N–H and O–H groups in total. The van der Waals surface area contributed by atoms with Crippen molar-refractivity contribution in [3.05, 3.63) is 30.0 Å². The lowest BCUT2D eigenvalue weighted by Crippen LogP contribution is -1.93. The van der Waals surface area contributed by atoms with Crippen LogP contribution < -0.4 is 5.73 Å². The molecule has 0 unspecified atom stereocenters. The zero-order valence-corrected chi connectivity index (χ0v) is 7.77. The summed E-state index contributed by atoms with van der Waals surface area (Å²) in [5.41, 5.74) is 8.83. The van der Waals surface area contributed by atoms with Crippen molar-refractivity contribution in [3.8, 4) is 0 Å². The van der Waals surface area contributed by atoms with Gasteiger partial charge in [0, 0.05) is 5.39 Å². The summed E-state index contributed by atoms with van der Waals surface area (Å²) in [7, 11) is 0. The molecule has 0 radical (unpaired) electrons. The van der Waals surface area contributed by atoms with E-state index in [4.69, 9.17) is 5.73 Å². The van der Waals surface area contributed by atoms with Crippen molar-refractivity contribution in [2.24, 2.45) is 0 Å². The number of fused-ring (bicyclic) bond motifs is 1. The lowest BCUT2D eigenvalue weighted by Gasteiger charge is -2.03. The van der Waals surface area contributed by atoms with E-state index in [1.807, 2.05) is 12.1 Å². The van der Waals surface area contributed by atoms with Crippen molar-refractivity contribution < 1.29 is 0 Å². The summed E-state index contributed by atoms with van der Waals surface area (Å²) in [6, 6.07) is 6.18. The second-order valence-corrected chi connectivity index (χ2v) is 3.85. The lowest BCUT2D eigenvalue weighted by atomic mass is 10.1. The van der Waals surface area contributed by atoms with Gasteiger partial charge in [-0.1, -0.05) is 0 Å². The van der Waals surface area contributed by atoms with Gasteiger partial charge in [0.05, 0.1) is 11.9 Å². The Morgan fingerprint density at radius 1 is 1.29 bits per heavy atom. The molecule has 1 heterocycles. The van der Waals surface area contributed by atoms with Crippen LogP contribution in [0.2, 0.25) is 0 Å². The van der Waals surface area contributed by atoms with Crippen molar-refractivity contribution >= 4 is 16.6 Å². The second-order valence-electron chi connectivity index (χ2n) is 3.85. The zero-order valence-electron chi connectivity index (χ0n) is 7.77. The van der Waals surface area contributed by atoms with Crippen molar-refractivity contribution in [3.63, 3.8) is 0 Å². The fourth-order valence-corrected chi connectivity index (χ4v) is 1.80. The van der Waals surface area contributed by atoms with E-state index in [0.29, 0.717) is 0 Å². The van der Waals surface area contributed by atoms with E-state index in [1.165, 1.54) is 18.4 Å². The molecule has 0 bridgehead atoms. The smallest absolute Gasteiger partial charge is 0.116 e. The largest absolute Gasteiger partial charge is 0.397 e. The average molecular weight is 185 g/mol. The molecule has 0 atom stereocenters. The molecule has 1 aromatic carbocycles. The van der Waals surface area contributed by atoms with Crippen LogP contribution in [0.5, 0.6) is 0 Å². The Morgan fingerprint density at radius 2 is 2.14 bits per heavy atom. The van der Waals surface area contributed by atoms with Gasteiger partial charge in [-0.05, 0) is 42.5 Å². The highest BCUT2D eigenvalue weighted by atomic mass is 15.1. The minimum atomic E-state index is 0.731. The first-order valence-corrected chi connectivity index (χ1v) is 4.85. The summed E-state index contributed by atoms with van der Waals surface area (Å²) in [6.07, 6.45) is 4.30. The van der Waals surface area contributed by atoms with Gasteiger partial charge < -0.3 is 5.73 Å². The number of nitrogens with zero attached hydrogens (tertiary/aromatic N) is 2. The van der Waals surface area contributed by atoms with E-state index < -0.39 is 0 Å². The van der Waals surface area contributed by atoms with Gasteiger partial charge in [0.1, 0.15) is 5.52 Å². The van der Waals surface area contributed by atoms with Gasteiger partial charge in [0.25, 0.3) is 0 Å². The van der Waals surface area contributed by atoms with E-state index in [9.17, 15) is 0 Å². The Hall–Kier alpha value is -1.64. The van der Waals surface area contributed by atoms with Crippen molar-refractivity contribution in [2.75, 3.05) is 5.73 Å². The number of benzene rings is 1. The predicted molar refractivity (Wildman–Crippen MR) is 55.9 cm³/mol. The summed E-state index contributed by atoms with van der Waals surface area (Å²) < 4.78 is 0. The standard InChI is InChI=1S/C11H11N3/c12-10-6-9(7-1-2-7)5-8-3-4-13-14-11(8)10/h3-7H,1-2,12H2. The van der Waals surface area contributed by atoms with Crippen LogP contribution in [-0.4, -0.2) is 10.2 Å². The first-order chi connectivity index (χ1) is 6.84. The fraction of sp³-hybridized carbons (Fsp3) is 0.273. The third-order valence-electron chi connectivity index (χ3n) is 2.72. The Morgan fingerprint density at radius 3 is 2.93 bits per heavy atom. The number of rotatable bonds is 1. The van der Waals surface area contributed by atoms with Crippen molar-refractivity contribution in [1.29, 1.82) is 0 Å². The number of hydrogen-bond donors (Lipinski definition) is 1. The van der Waals surface area contributed by atoms with Gasteiger partial charge >= 0.3 is 0 Å². The minimum absolute atomic E-state index is 0.731. The maximum atomic E-state index is 5.92. The van der Waals surface area contributed by atoms with Crippen LogP contribution in [0.15, 0.2) is 24.4 Å². The molecule has 3 rings (SSSR count). The summed E-state index contributed by atoms with van der Waals surface area (Å²) in [6.45, 7) is 0. The van der Waals surface area contributed by atoms with E-state index >= 15 is 0 Å². The van der Waals surface area contributed by atoms with E-state index in [-0.39, 0.29) is 0 Å². The Labute approximate surface area is 81.9 Å². The molecule has 0 aliphatic heterocycles. The minimum Gasteiger partial charge on any atom is -0.397 e. The monoisotopic (exact) mass is 185 g/mol. The number of aromatic nitrogens is 2. The van der Waals surface area contributed by atoms with Gasteiger partial charge in [-0.25, -0.2) is 0 Å². The molecule has 0 spiro atoms. The maximum absolute atomic E-state index is 5.92. The third kappa shape index (κ3) is 1.13. The van der Waals surface area contributed by atoms with E-state index in [2.05, 4.69) is 16.3 Å². The van der Waals surface area contributed by atoms with Crippen LogP contribution in [0.4, 0.5) is 5.69 Å². The lowest BCUT2D eigenvalue weighted by molar-refractivity contribution is 1.07. The summed E-state index contributed by atoms with van der Waals surface area (Å²) in [4.78, 5) is 0. The molecule has 70 valence electrons. The highest BCUT2D eigenvalue weighted by Gasteiger charge is 2.24. The number of anilines is 1. The summed E-state index contributed by atoms with van der Waals surface area (Å²) in [5.74, 6) is 0.731. The van der Waals surface area contributed by atoms with Crippen LogP contribution in [0.1, 0.15) is 24.3 Å². The van der Waals surface area contributed by atoms with Crippen molar-refractivity contribution in [1.82, 2.24) is 10.2 Å². The van der Waals surface area contributed by atoms with Crippen LogP contribution in [0, 0.1) is 0 Å². The van der Waals surface area contributed by atoms with Gasteiger partial charge in [0.2, 0.25) is 0 Å². The van der Waals surface area contributed by atoms with Gasteiger partial charge in [0.15, 0.2) is 0 Å². The van der Waals surface area contributed by atoms with Crippen LogP contribution in [-0.2, 0) is 0 Å². The SMILES string of the molecule is Nc1cc(C2CC2)cc2ccnnc12. The molecule has 3 nitrogen and oxygen atoms in total. The second kappa shape index (κ2) is 2.67. The molecule has 0 amide bonds. The highest BCUT2D eigenvalue weighted by Crippen LogP contribution is 2.41. The summed E-state index contributed by atoms with van der Waals surface area (Å²) in [5, 5.41) is 8.96. The fourth-order valence-electron chi connectivity index (χ4n) is 1.80. The zero-order chi connectivity index (χ0) is 9.54. The van der Waals surface area contributed by atoms with Gasteiger partial charge in [-0.15, -0.1) is 5.10 Å². The van der Waals surface area contributed by atoms with Gasteiger partial charge in [-0.2, -0.15) is 5.10 Å². The molecule has 1 saturated carbocycles. The Balaban J connectivity index is 2.27. The molecule has 1 aliphatic rings. The molecule has 14 heavy (non-hydrogen) atoms. The first kappa shape index (κ1) is 7.74. The van der Waals surface area contributed by atoms with E-state index in [0.717, 1.165) is 22.5 Å². The van der Waals surface area contributed by atoms with Crippen LogP contribution in [0.25, 0.3) is 10.9 Å². The normalized spacial score (nSPS) is 16.0. The average Bonchev–Trinajstić information content (AvgIpc) is 3.01. The molecule has 2 aromatic rings. The molecule has 0 saturated heterocycles. The van der Waals surface area contributed by atoms with Crippen LogP contribution in [0.3, 0.4) is 0 Å². The maximum Gasteiger partial charge on any atom is 0.116 e. The topological polar surface area (TPSA) is 51.8 Å². The number of nitrogens with two attached hydrogens (primary N) is 1. The quantitative estimate of drug-likeness (QED) is 0.692. The predicted octanol–water partition coefficient (Wildman–Crippen LogP) is 2.09. The molecule has 1 aromatic heterocycles. The summed E-state index contributed by atoms with van der Waals surface area (Å²) >= 11 is 0. The van der Waals surface area contributed by atoms with Gasteiger partial charge in [-0.3, -0.25) is 0 Å². The molecule has 3 heteroatoms. The molecular weight excluding hydrogens is 174 g/mol. The third-order valence-corrected chi connectivity index (χ3v) is 2.72. The van der Waals surface area contributed by atoms with Crippen LogP contribution >= 0.6 is 0 Å². The highest BCUT2D eigenvalue weighted by molar-refractivity contribution is 5.89. The van der Waals surface area contributed by atoms with E-state index in [1.54, 1.807) is 6.20 Å². The Kier molecular flexibility index (Phi) is 1.48. The molecule has 1 fully saturated rings. The van der Waals surface area contributed by atoms with Crippen molar-refractivity contribution in [2.45, 2.75) is 18.8 Å². The molecular formula is C11H11N3.